The van der Waals surface area contributed by atoms with Gasteiger partial charge in [0.05, 0.1) is 0 Å². The van der Waals surface area contributed by atoms with E-state index in [0.29, 0.717) is 0 Å². The summed E-state index contributed by atoms with van der Waals surface area (Å²) in [5.41, 5.74) is 28.0. The van der Waals surface area contributed by atoms with Gasteiger partial charge in [0, 0.05) is 21.3 Å². The van der Waals surface area contributed by atoms with E-state index in [1.165, 1.54) is 269 Å². The summed E-state index contributed by atoms with van der Waals surface area (Å²) in [6.07, 6.45) is 36.7. The zero-order valence-corrected chi connectivity index (χ0v) is 54.5. The first-order valence-corrected chi connectivity index (χ1v) is 35.2. The Morgan fingerprint density at radius 1 is 0.244 bits per heavy atom. The third-order valence-corrected chi connectivity index (χ3v) is 21.4. The molecule has 0 saturated heterocycles. The average Bonchev–Trinajstić information content (AvgIpc) is 1.78. The van der Waals surface area contributed by atoms with Crippen molar-refractivity contribution in [2.45, 2.75) is 238 Å². The molecule has 3 aliphatic rings. The molecule has 448 valence electrons. The number of benzene rings is 8. The van der Waals surface area contributed by atoms with Crippen molar-refractivity contribution in [2.24, 2.45) is 0 Å². The molecule has 0 bridgehead atoms. The highest BCUT2D eigenvalue weighted by atomic mass is 35.5. The van der Waals surface area contributed by atoms with Crippen LogP contribution in [0.5, 0.6) is 0 Å². The minimum Gasteiger partial charge on any atom is -0.0843 e. The third-order valence-electron chi connectivity index (χ3n) is 21.2. The number of fused-ring (bicyclic) bond motifs is 9. The second kappa shape index (κ2) is 28.5. The number of hydrogen-bond donors (Lipinski definition) is 0. The van der Waals surface area contributed by atoms with Crippen LogP contribution in [0.1, 0.15) is 255 Å². The van der Waals surface area contributed by atoms with Gasteiger partial charge in [-0.2, -0.15) is 0 Å². The molecule has 0 atom stereocenters. The maximum Gasteiger partial charge on any atom is 0.0406 e. The fourth-order valence-electron chi connectivity index (χ4n) is 16.2. The molecule has 0 saturated carbocycles. The first-order valence-electron chi connectivity index (χ1n) is 34.8. The van der Waals surface area contributed by atoms with Crippen molar-refractivity contribution < 1.29 is 0 Å². The van der Waals surface area contributed by atoms with Gasteiger partial charge < -0.3 is 0 Å². The van der Waals surface area contributed by atoms with E-state index in [2.05, 4.69) is 193 Å². The molecule has 0 spiro atoms. The van der Waals surface area contributed by atoms with Crippen molar-refractivity contribution in [2.75, 3.05) is 0 Å². The van der Waals surface area contributed by atoms with Crippen molar-refractivity contribution in [1.82, 2.24) is 0 Å². The lowest BCUT2D eigenvalue weighted by atomic mass is 9.70. The molecule has 0 aromatic heterocycles. The Labute approximate surface area is 526 Å². The molecule has 0 fully saturated rings. The highest BCUT2D eigenvalue weighted by molar-refractivity contribution is 6.30. The monoisotopic (exact) mass is 1160 g/mol. The van der Waals surface area contributed by atoms with Gasteiger partial charge >= 0.3 is 0 Å². The third kappa shape index (κ3) is 12.8. The van der Waals surface area contributed by atoms with Crippen LogP contribution in [0.4, 0.5) is 0 Å². The van der Waals surface area contributed by atoms with Gasteiger partial charge in [-0.25, -0.2) is 0 Å². The zero-order valence-electron chi connectivity index (χ0n) is 53.8. The number of rotatable bonds is 32. The van der Waals surface area contributed by atoms with Crippen molar-refractivity contribution in [3.05, 3.63) is 202 Å². The van der Waals surface area contributed by atoms with Gasteiger partial charge in [-0.15, -0.1) is 0 Å². The summed E-state index contributed by atoms with van der Waals surface area (Å²) < 4.78 is 0. The maximum atomic E-state index is 6.44. The van der Waals surface area contributed by atoms with Crippen LogP contribution in [0, 0.1) is 0 Å². The van der Waals surface area contributed by atoms with Gasteiger partial charge in [-0.1, -0.05) is 329 Å². The van der Waals surface area contributed by atoms with Crippen LogP contribution < -0.4 is 0 Å². The summed E-state index contributed by atoms with van der Waals surface area (Å²) in [6.45, 7) is 14.2. The summed E-state index contributed by atoms with van der Waals surface area (Å²) >= 11 is 6.44. The second-order valence-corrected chi connectivity index (χ2v) is 27.7. The summed E-state index contributed by atoms with van der Waals surface area (Å²) in [7, 11) is 0. The molecular formula is C85H101Cl. The molecule has 0 aliphatic heterocycles. The van der Waals surface area contributed by atoms with Crippen LogP contribution in [-0.4, -0.2) is 0 Å². The Bertz CT molecular complexity index is 3500. The molecule has 0 heterocycles. The zero-order chi connectivity index (χ0) is 59.5. The first kappa shape index (κ1) is 61.7. The molecule has 0 amide bonds. The van der Waals surface area contributed by atoms with E-state index in [9.17, 15) is 0 Å². The van der Waals surface area contributed by atoms with Gasteiger partial charge in [0.1, 0.15) is 0 Å². The largest absolute Gasteiger partial charge is 0.0843 e. The summed E-state index contributed by atoms with van der Waals surface area (Å²) in [6, 6.07) is 64.7. The quantitative estimate of drug-likeness (QED) is 0.0369. The topological polar surface area (TPSA) is 0 Å². The lowest BCUT2D eigenvalue weighted by Gasteiger charge is -2.33. The molecule has 8 aromatic carbocycles. The van der Waals surface area contributed by atoms with Gasteiger partial charge in [-0.3, -0.25) is 0 Å². The molecule has 1 heteroatoms. The summed E-state index contributed by atoms with van der Waals surface area (Å²) in [4.78, 5) is 0. The first-order chi connectivity index (χ1) is 42.1. The Hall–Kier alpha value is -5.95. The van der Waals surface area contributed by atoms with Crippen molar-refractivity contribution in [3.63, 3.8) is 0 Å². The Balaban J connectivity index is 0.870. The lowest BCUT2D eigenvalue weighted by molar-refractivity contribution is 0.398. The van der Waals surface area contributed by atoms with Crippen LogP contribution in [0.15, 0.2) is 164 Å². The second-order valence-electron chi connectivity index (χ2n) is 27.3. The van der Waals surface area contributed by atoms with Crippen LogP contribution >= 0.6 is 11.6 Å². The maximum absolute atomic E-state index is 6.44. The normalized spacial score (nSPS) is 14.4. The molecular weight excluding hydrogens is 1060 g/mol. The molecule has 0 nitrogen and oxygen atoms in total. The SMILES string of the molecule is CCCCCCCCC1(CCCCCCCC)c2ccccc2-c2ccc(-c3ccc4c(c3)C(C)(C)c3cc(-c5ccc(-c6ccc7c(c6)C(CCCCCCCC)(CCCCCCCC)c6cc(-c8ccc(Cl)cc8)ccc6-7)cc5)ccc3-4)cc21. The van der Waals surface area contributed by atoms with Crippen LogP contribution in [0.3, 0.4) is 0 Å². The van der Waals surface area contributed by atoms with E-state index >= 15 is 0 Å². The summed E-state index contributed by atoms with van der Waals surface area (Å²) in [5, 5.41) is 0.788. The van der Waals surface area contributed by atoms with Gasteiger partial charge in [0.15, 0.2) is 0 Å². The molecule has 86 heavy (non-hydrogen) atoms. The minimum atomic E-state index is -0.141. The number of hydrogen-bond acceptors (Lipinski definition) is 0. The molecule has 0 unspecified atom stereocenters. The standard InChI is InChI=1S/C85H101Cl/c1-7-11-15-19-23-29-53-84(54-30-24-20-16-12-8-2)77-34-28-27-33-71(77)74-52-45-69(61-80(74)84)68-44-49-73-72-48-41-65(57-78(72)83(5,6)79(73)58-68)62-35-37-63(38-36-62)66-42-50-75-76-51-43-67(64-39-46-70(86)47-40-64)60-82(76)85(81(75)59-66,55-31-25-21-17-13-9-3)56-32-26-22-18-14-10-4/h27-28,33-52,57-61H,7-26,29-32,53-56H2,1-6H3. The Kier molecular flexibility index (Phi) is 20.4. The van der Waals surface area contributed by atoms with E-state index in [0.717, 1.165) is 5.02 Å². The van der Waals surface area contributed by atoms with Gasteiger partial charge in [0.25, 0.3) is 0 Å². The predicted molar refractivity (Wildman–Crippen MR) is 375 cm³/mol. The van der Waals surface area contributed by atoms with Crippen molar-refractivity contribution >= 4 is 11.6 Å². The van der Waals surface area contributed by atoms with Crippen LogP contribution in [0.2, 0.25) is 5.02 Å². The molecule has 0 N–H and O–H groups in total. The summed E-state index contributed by atoms with van der Waals surface area (Å²) in [5.74, 6) is 0. The predicted octanol–water partition coefficient (Wildman–Crippen LogP) is 26.8. The minimum absolute atomic E-state index is 0.0202. The van der Waals surface area contributed by atoms with E-state index in [1.807, 2.05) is 12.1 Å². The fourth-order valence-corrected chi connectivity index (χ4v) is 16.4. The molecule has 11 rings (SSSR count). The Morgan fingerprint density at radius 2 is 0.488 bits per heavy atom. The Morgan fingerprint density at radius 3 is 0.837 bits per heavy atom. The van der Waals surface area contributed by atoms with E-state index in [-0.39, 0.29) is 16.2 Å². The van der Waals surface area contributed by atoms with Gasteiger partial charge in [0.2, 0.25) is 0 Å². The molecule has 8 aromatic rings. The molecule has 3 aliphatic carbocycles. The molecule has 0 radical (unpaired) electrons. The van der Waals surface area contributed by atoms with E-state index in [4.69, 9.17) is 11.6 Å². The van der Waals surface area contributed by atoms with E-state index in [1.54, 1.807) is 22.3 Å². The van der Waals surface area contributed by atoms with Crippen molar-refractivity contribution in [3.8, 4) is 77.9 Å². The highest BCUT2D eigenvalue weighted by Crippen LogP contribution is 2.58. The van der Waals surface area contributed by atoms with E-state index < -0.39 is 0 Å². The highest BCUT2D eigenvalue weighted by Gasteiger charge is 2.44. The number of halogens is 1. The van der Waals surface area contributed by atoms with Crippen LogP contribution in [0.25, 0.3) is 77.9 Å². The lowest BCUT2D eigenvalue weighted by Crippen LogP contribution is -2.25. The van der Waals surface area contributed by atoms with Gasteiger partial charge in [-0.05, 0) is 179 Å². The fraction of sp³-hybridized carbons (Fsp3) is 0.435. The van der Waals surface area contributed by atoms with Crippen molar-refractivity contribution in [1.29, 1.82) is 0 Å². The van der Waals surface area contributed by atoms with Crippen LogP contribution in [-0.2, 0) is 16.2 Å². The average molecular weight is 1160 g/mol. The smallest absolute Gasteiger partial charge is 0.0406 e. The number of unbranched alkanes of at least 4 members (excludes halogenated alkanes) is 20.